The molecule has 0 radical (unpaired) electrons. The minimum atomic E-state index is -0.542. The van der Waals surface area contributed by atoms with Crippen LogP contribution in [0, 0.1) is 0 Å². The predicted molar refractivity (Wildman–Crippen MR) is 74.4 cm³/mol. The summed E-state index contributed by atoms with van der Waals surface area (Å²) in [7, 11) is 2.86. The van der Waals surface area contributed by atoms with Crippen molar-refractivity contribution in [2.24, 2.45) is 0 Å². The number of carbonyl (C=O) groups excluding carboxylic acids is 2. The highest BCUT2D eigenvalue weighted by molar-refractivity contribution is 9.10. The molecule has 0 saturated heterocycles. The van der Waals surface area contributed by atoms with Gasteiger partial charge in [-0.3, -0.25) is 9.59 Å². The van der Waals surface area contributed by atoms with E-state index in [1.165, 1.54) is 7.11 Å². The van der Waals surface area contributed by atoms with Crippen molar-refractivity contribution >= 4 is 27.8 Å². The Hall–Kier alpha value is -1.56. The van der Waals surface area contributed by atoms with E-state index >= 15 is 0 Å². The van der Waals surface area contributed by atoms with Gasteiger partial charge in [-0.1, -0.05) is 34.1 Å². The number of ether oxygens (including phenoxy) is 2. The molecule has 0 heterocycles. The number of hydrogen-bond donors (Lipinski definition) is 1. The third-order valence-corrected chi connectivity index (χ3v) is 3.18. The number of carbonyl (C=O) groups is 2. The van der Waals surface area contributed by atoms with Gasteiger partial charge in [-0.15, -0.1) is 0 Å². The number of nitrogens with one attached hydrogen (secondary N) is 1. The standard InChI is InChI=1S/C13H16BrNO4/c1-18-11-6-4-3-5-9(11)7-12(16)15-8-10(14)13(17)19-2/h3-6,10H,7-8H2,1-2H3,(H,15,16). The summed E-state index contributed by atoms with van der Waals surface area (Å²) in [5, 5.41) is 2.66. The van der Waals surface area contributed by atoms with Gasteiger partial charge >= 0.3 is 5.97 Å². The fourth-order valence-corrected chi connectivity index (χ4v) is 1.85. The molecule has 0 aliphatic carbocycles. The summed E-state index contributed by atoms with van der Waals surface area (Å²) in [5.41, 5.74) is 0.798. The second-order valence-corrected chi connectivity index (χ2v) is 4.89. The molecule has 1 unspecified atom stereocenters. The van der Waals surface area contributed by atoms with E-state index in [1.807, 2.05) is 18.2 Å². The van der Waals surface area contributed by atoms with Gasteiger partial charge in [0.1, 0.15) is 10.6 Å². The number of rotatable bonds is 6. The van der Waals surface area contributed by atoms with Crippen LogP contribution >= 0.6 is 15.9 Å². The van der Waals surface area contributed by atoms with Gasteiger partial charge in [0.15, 0.2) is 0 Å². The molecule has 0 bridgehead atoms. The zero-order chi connectivity index (χ0) is 14.3. The molecule has 104 valence electrons. The lowest BCUT2D eigenvalue weighted by atomic mass is 10.1. The maximum absolute atomic E-state index is 11.8. The summed E-state index contributed by atoms with van der Waals surface area (Å²) in [5.74, 6) is 0.0662. The third kappa shape index (κ3) is 4.90. The van der Waals surface area contributed by atoms with Gasteiger partial charge in [0.25, 0.3) is 0 Å². The normalized spacial score (nSPS) is 11.5. The number of esters is 1. The molecule has 1 amide bonds. The van der Waals surface area contributed by atoms with Crippen LogP contribution in [0.1, 0.15) is 5.56 Å². The van der Waals surface area contributed by atoms with E-state index in [2.05, 4.69) is 26.0 Å². The second kappa shape index (κ2) is 7.78. The van der Waals surface area contributed by atoms with E-state index in [0.29, 0.717) is 5.75 Å². The first kappa shape index (κ1) is 15.5. The molecule has 1 N–H and O–H groups in total. The molecule has 1 rings (SSSR count). The first-order valence-electron chi connectivity index (χ1n) is 5.69. The van der Waals surface area contributed by atoms with Crippen molar-refractivity contribution in [3.8, 4) is 5.75 Å². The fraction of sp³-hybridized carbons (Fsp3) is 0.385. The number of benzene rings is 1. The summed E-state index contributed by atoms with van der Waals surface area (Å²) < 4.78 is 9.71. The monoisotopic (exact) mass is 329 g/mol. The number of hydrogen-bond acceptors (Lipinski definition) is 4. The summed E-state index contributed by atoms with van der Waals surface area (Å²) >= 11 is 3.13. The topological polar surface area (TPSA) is 64.6 Å². The maximum Gasteiger partial charge on any atom is 0.321 e. The molecule has 0 aliphatic heterocycles. The Morgan fingerprint density at radius 3 is 2.63 bits per heavy atom. The van der Waals surface area contributed by atoms with E-state index in [1.54, 1.807) is 13.2 Å². The Balaban J connectivity index is 2.49. The van der Waals surface area contributed by atoms with Crippen molar-refractivity contribution in [1.29, 1.82) is 0 Å². The fourth-order valence-electron chi connectivity index (χ4n) is 1.50. The van der Waals surface area contributed by atoms with Crippen molar-refractivity contribution in [2.75, 3.05) is 20.8 Å². The number of alkyl halides is 1. The molecule has 0 spiro atoms. The van der Waals surface area contributed by atoms with E-state index < -0.39 is 10.8 Å². The molecule has 1 atom stereocenters. The van der Waals surface area contributed by atoms with Crippen molar-refractivity contribution in [3.05, 3.63) is 29.8 Å². The van der Waals surface area contributed by atoms with Crippen LogP contribution in [0.3, 0.4) is 0 Å². The van der Waals surface area contributed by atoms with Crippen LogP contribution in [-0.2, 0) is 20.7 Å². The van der Waals surface area contributed by atoms with Crippen LogP contribution in [0.5, 0.6) is 5.75 Å². The molecular formula is C13H16BrNO4. The molecular weight excluding hydrogens is 314 g/mol. The van der Waals surface area contributed by atoms with Gasteiger partial charge in [0.05, 0.1) is 20.6 Å². The molecule has 0 aromatic heterocycles. The smallest absolute Gasteiger partial charge is 0.321 e. The highest BCUT2D eigenvalue weighted by Gasteiger charge is 2.16. The van der Waals surface area contributed by atoms with Crippen LogP contribution < -0.4 is 10.1 Å². The summed E-state index contributed by atoms with van der Waals surface area (Å²) in [6.45, 7) is 0.181. The number of methoxy groups -OCH3 is 2. The van der Waals surface area contributed by atoms with Crippen molar-refractivity contribution < 1.29 is 19.1 Å². The van der Waals surface area contributed by atoms with Crippen LogP contribution in [0.15, 0.2) is 24.3 Å². The molecule has 0 fully saturated rings. The lowest BCUT2D eigenvalue weighted by Crippen LogP contribution is -2.34. The molecule has 19 heavy (non-hydrogen) atoms. The van der Waals surface area contributed by atoms with Gasteiger partial charge in [0, 0.05) is 12.1 Å². The zero-order valence-corrected chi connectivity index (χ0v) is 12.4. The molecule has 1 aromatic carbocycles. The van der Waals surface area contributed by atoms with Gasteiger partial charge in [0.2, 0.25) is 5.91 Å². The molecule has 0 saturated carbocycles. The van der Waals surface area contributed by atoms with Crippen molar-refractivity contribution in [1.82, 2.24) is 5.32 Å². The number of amides is 1. The summed E-state index contributed by atoms with van der Waals surface area (Å²) in [6, 6.07) is 7.30. The predicted octanol–water partition coefficient (Wildman–Crippen LogP) is 1.29. The van der Waals surface area contributed by atoms with Crippen molar-refractivity contribution in [3.63, 3.8) is 0 Å². The molecule has 6 heteroatoms. The Morgan fingerprint density at radius 2 is 2.00 bits per heavy atom. The van der Waals surface area contributed by atoms with E-state index in [0.717, 1.165) is 5.56 Å². The quantitative estimate of drug-likeness (QED) is 0.631. The van der Waals surface area contributed by atoms with E-state index in [4.69, 9.17) is 4.74 Å². The van der Waals surface area contributed by atoms with E-state index in [-0.39, 0.29) is 18.9 Å². The maximum atomic E-state index is 11.8. The highest BCUT2D eigenvalue weighted by atomic mass is 79.9. The number of para-hydroxylation sites is 1. The lowest BCUT2D eigenvalue weighted by Gasteiger charge is -2.11. The lowest BCUT2D eigenvalue weighted by molar-refractivity contribution is -0.139. The Bertz CT molecular complexity index is 450. The van der Waals surface area contributed by atoms with Crippen LogP contribution in [0.25, 0.3) is 0 Å². The van der Waals surface area contributed by atoms with Gasteiger partial charge < -0.3 is 14.8 Å². The zero-order valence-electron chi connectivity index (χ0n) is 10.8. The molecule has 0 aliphatic rings. The minimum Gasteiger partial charge on any atom is -0.496 e. The second-order valence-electron chi connectivity index (χ2n) is 3.78. The third-order valence-electron chi connectivity index (χ3n) is 2.48. The summed E-state index contributed by atoms with van der Waals surface area (Å²) in [6.07, 6.45) is 0.199. The first-order chi connectivity index (χ1) is 9.08. The Labute approximate surface area is 120 Å². The van der Waals surface area contributed by atoms with Crippen LogP contribution in [-0.4, -0.2) is 37.5 Å². The minimum absolute atomic E-state index is 0.181. The summed E-state index contributed by atoms with van der Waals surface area (Å²) in [4.78, 5) is 22.4. The highest BCUT2D eigenvalue weighted by Crippen LogP contribution is 2.17. The number of halogens is 1. The van der Waals surface area contributed by atoms with Crippen LogP contribution in [0.2, 0.25) is 0 Å². The Morgan fingerprint density at radius 1 is 1.32 bits per heavy atom. The van der Waals surface area contributed by atoms with Gasteiger partial charge in [-0.2, -0.15) is 0 Å². The first-order valence-corrected chi connectivity index (χ1v) is 6.60. The van der Waals surface area contributed by atoms with Crippen molar-refractivity contribution in [2.45, 2.75) is 11.2 Å². The SMILES string of the molecule is COC(=O)C(Br)CNC(=O)Cc1ccccc1OC. The average molecular weight is 330 g/mol. The van der Waals surface area contributed by atoms with Crippen LogP contribution in [0.4, 0.5) is 0 Å². The van der Waals surface area contributed by atoms with E-state index in [9.17, 15) is 9.59 Å². The molecule has 1 aromatic rings. The largest absolute Gasteiger partial charge is 0.496 e. The average Bonchev–Trinajstić information content (AvgIpc) is 2.44. The van der Waals surface area contributed by atoms with Gasteiger partial charge in [-0.05, 0) is 6.07 Å². The van der Waals surface area contributed by atoms with Gasteiger partial charge in [-0.25, -0.2) is 0 Å². The Kier molecular flexibility index (Phi) is 6.35. The molecule has 5 nitrogen and oxygen atoms in total.